The van der Waals surface area contributed by atoms with Crippen molar-refractivity contribution < 1.29 is 9.18 Å². The number of halogens is 2. The summed E-state index contributed by atoms with van der Waals surface area (Å²) >= 11 is 0. The Balaban J connectivity index is 0.00000264. The van der Waals surface area contributed by atoms with Crippen molar-refractivity contribution in [1.82, 2.24) is 10.2 Å². The van der Waals surface area contributed by atoms with Crippen LogP contribution in [-0.2, 0) is 4.79 Å². The van der Waals surface area contributed by atoms with Crippen molar-refractivity contribution in [2.24, 2.45) is 10.9 Å². The SMILES string of the molecule is CN=C(NCC(=O)Nc1ccc(F)cc1)N1CCCC(C)C1.I. The molecule has 5 nitrogen and oxygen atoms in total. The number of carbonyl (C=O) groups is 1. The lowest BCUT2D eigenvalue weighted by atomic mass is 10.0. The van der Waals surface area contributed by atoms with Crippen LogP contribution in [0.5, 0.6) is 0 Å². The van der Waals surface area contributed by atoms with Gasteiger partial charge in [0.1, 0.15) is 5.82 Å². The van der Waals surface area contributed by atoms with E-state index in [1.54, 1.807) is 7.05 Å². The van der Waals surface area contributed by atoms with E-state index in [4.69, 9.17) is 0 Å². The zero-order valence-corrected chi connectivity index (χ0v) is 15.8. The first-order valence-electron chi connectivity index (χ1n) is 7.59. The Morgan fingerprint density at radius 3 is 2.70 bits per heavy atom. The topological polar surface area (TPSA) is 56.7 Å². The maximum Gasteiger partial charge on any atom is 0.243 e. The summed E-state index contributed by atoms with van der Waals surface area (Å²) in [4.78, 5) is 18.3. The van der Waals surface area contributed by atoms with Gasteiger partial charge >= 0.3 is 0 Å². The molecule has 2 rings (SSSR count). The van der Waals surface area contributed by atoms with Gasteiger partial charge in [-0.05, 0) is 43.0 Å². The van der Waals surface area contributed by atoms with Gasteiger partial charge in [-0.3, -0.25) is 9.79 Å². The number of carbonyl (C=O) groups excluding carboxylic acids is 1. The molecule has 0 bridgehead atoms. The van der Waals surface area contributed by atoms with E-state index in [0.717, 1.165) is 25.5 Å². The highest BCUT2D eigenvalue weighted by Crippen LogP contribution is 2.15. The number of nitrogens with one attached hydrogen (secondary N) is 2. The second-order valence-electron chi connectivity index (χ2n) is 5.65. The minimum Gasteiger partial charge on any atom is -0.347 e. The van der Waals surface area contributed by atoms with Gasteiger partial charge < -0.3 is 15.5 Å². The Morgan fingerprint density at radius 2 is 2.09 bits per heavy atom. The van der Waals surface area contributed by atoms with Crippen molar-refractivity contribution in [3.8, 4) is 0 Å². The normalized spacial score (nSPS) is 18.1. The third-order valence-electron chi connectivity index (χ3n) is 3.70. The Kier molecular flexibility index (Phi) is 8.29. The molecule has 1 fully saturated rings. The molecule has 0 aromatic heterocycles. The number of piperidine rings is 1. The van der Waals surface area contributed by atoms with Crippen molar-refractivity contribution in [3.63, 3.8) is 0 Å². The van der Waals surface area contributed by atoms with Crippen molar-refractivity contribution >= 4 is 41.5 Å². The Hall–Kier alpha value is -1.38. The summed E-state index contributed by atoms with van der Waals surface area (Å²) in [6.07, 6.45) is 2.38. The quantitative estimate of drug-likeness (QED) is 0.437. The van der Waals surface area contributed by atoms with Gasteiger partial charge in [-0.1, -0.05) is 6.92 Å². The van der Waals surface area contributed by atoms with Crippen LogP contribution in [0.1, 0.15) is 19.8 Å². The molecule has 1 saturated heterocycles. The number of anilines is 1. The lowest BCUT2D eigenvalue weighted by molar-refractivity contribution is -0.115. The van der Waals surface area contributed by atoms with Crippen LogP contribution in [0.2, 0.25) is 0 Å². The monoisotopic (exact) mass is 434 g/mol. The number of guanidine groups is 1. The van der Waals surface area contributed by atoms with E-state index in [1.165, 1.54) is 30.7 Å². The Morgan fingerprint density at radius 1 is 1.39 bits per heavy atom. The molecule has 2 N–H and O–H groups in total. The smallest absolute Gasteiger partial charge is 0.243 e. The first kappa shape index (κ1) is 19.7. The van der Waals surface area contributed by atoms with Gasteiger partial charge in [0.2, 0.25) is 5.91 Å². The van der Waals surface area contributed by atoms with Crippen molar-refractivity contribution in [3.05, 3.63) is 30.1 Å². The van der Waals surface area contributed by atoms with Crippen LogP contribution in [0.4, 0.5) is 10.1 Å². The minimum absolute atomic E-state index is 0. The van der Waals surface area contributed by atoms with Crippen LogP contribution in [0.15, 0.2) is 29.3 Å². The van der Waals surface area contributed by atoms with Gasteiger partial charge in [-0.2, -0.15) is 0 Å². The second-order valence-corrected chi connectivity index (χ2v) is 5.65. The fourth-order valence-electron chi connectivity index (χ4n) is 2.61. The predicted molar refractivity (Wildman–Crippen MR) is 102 cm³/mol. The van der Waals surface area contributed by atoms with Crippen LogP contribution in [0.25, 0.3) is 0 Å². The molecule has 1 atom stereocenters. The van der Waals surface area contributed by atoms with E-state index in [-0.39, 0.29) is 42.2 Å². The number of benzene rings is 1. The van der Waals surface area contributed by atoms with Crippen LogP contribution in [0.3, 0.4) is 0 Å². The van der Waals surface area contributed by atoms with Crippen LogP contribution >= 0.6 is 24.0 Å². The highest BCUT2D eigenvalue weighted by molar-refractivity contribution is 14.0. The van der Waals surface area contributed by atoms with Gasteiger partial charge in [-0.25, -0.2) is 4.39 Å². The number of amides is 1. The number of aliphatic imine (C=N–C) groups is 1. The highest BCUT2D eigenvalue weighted by atomic mass is 127. The molecule has 1 aromatic carbocycles. The Labute approximate surface area is 153 Å². The fraction of sp³-hybridized carbons (Fsp3) is 0.500. The van der Waals surface area contributed by atoms with Crippen molar-refractivity contribution in [1.29, 1.82) is 0 Å². The van der Waals surface area contributed by atoms with Gasteiger partial charge in [0.05, 0.1) is 6.54 Å². The van der Waals surface area contributed by atoms with E-state index < -0.39 is 0 Å². The first-order chi connectivity index (χ1) is 10.6. The number of hydrogen-bond donors (Lipinski definition) is 2. The van der Waals surface area contributed by atoms with Crippen molar-refractivity contribution in [2.75, 3.05) is 32.0 Å². The summed E-state index contributed by atoms with van der Waals surface area (Å²) in [7, 11) is 1.72. The summed E-state index contributed by atoms with van der Waals surface area (Å²) < 4.78 is 12.8. The third kappa shape index (κ3) is 6.32. The summed E-state index contributed by atoms with van der Waals surface area (Å²) in [6.45, 7) is 4.28. The molecule has 1 unspecified atom stereocenters. The number of hydrogen-bond acceptors (Lipinski definition) is 2. The number of rotatable bonds is 3. The molecular weight excluding hydrogens is 410 g/mol. The molecule has 7 heteroatoms. The van der Waals surface area contributed by atoms with Crippen molar-refractivity contribution in [2.45, 2.75) is 19.8 Å². The first-order valence-corrected chi connectivity index (χ1v) is 7.59. The standard InChI is InChI=1S/C16H23FN4O.HI/c1-12-4-3-9-21(11-12)16(18-2)19-10-15(22)20-14-7-5-13(17)6-8-14;/h5-8,12H,3-4,9-11H2,1-2H3,(H,18,19)(H,20,22);1H. The zero-order valence-electron chi connectivity index (χ0n) is 13.5. The summed E-state index contributed by atoms with van der Waals surface area (Å²) in [5, 5.41) is 5.80. The third-order valence-corrected chi connectivity index (χ3v) is 3.70. The predicted octanol–water partition coefficient (Wildman–Crippen LogP) is 2.69. The molecule has 1 heterocycles. The van der Waals surface area contributed by atoms with Gasteiger partial charge in [0.25, 0.3) is 0 Å². The van der Waals surface area contributed by atoms with E-state index >= 15 is 0 Å². The molecule has 0 saturated carbocycles. The molecule has 1 aromatic rings. The largest absolute Gasteiger partial charge is 0.347 e. The van der Waals surface area contributed by atoms with Gasteiger partial charge in [0.15, 0.2) is 5.96 Å². The van der Waals surface area contributed by atoms with Gasteiger partial charge in [0, 0.05) is 25.8 Å². The average molecular weight is 434 g/mol. The van der Waals surface area contributed by atoms with E-state index in [0.29, 0.717) is 11.6 Å². The maximum atomic E-state index is 12.8. The average Bonchev–Trinajstić information content (AvgIpc) is 2.50. The molecule has 23 heavy (non-hydrogen) atoms. The molecule has 0 aliphatic carbocycles. The Bertz CT molecular complexity index is 535. The lowest BCUT2D eigenvalue weighted by Crippen LogP contribution is -2.48. The molecule has 0 radical (unpaired) electrons. The second kappa shape index (κ2) is 9.69. The van der Waals surface area contributed by atoms with Gasteiger partial charge in [-0.15, -0.1) is 24.0 Å². The number of likely N-dealkylation sites (tertiary alicyclic amines) is 1. The molecule has 1 amide bonds. The summed E-state index contributed by atoms with van der Waals surface area (Å²) in [5.74, 6) is 0.884. The maximum absolute atomic E-state index is 12.8. The summed E-state index contributed by atoms with van der Waals surface area (Å²) in [6, 6.07) is 5.71. The highest BCUT2D eigenvalue weighted by Gasteiger charge is 2.19. The van der Waals surface area contributed by atoms with E-state index in [1.807, 2.05) is 0 Å². The molecular formula is C16H24FIN4O. The molecule has 0 spiro atoms. The van der Waals surface area contributed by atoms with E-state index in [9.17, 15) is 9.18 Å². The molecule has 128 valence electrons. The molecule has 1 aliphatic heterocycles. The number of nitrogens with zero attached hydrogens (tertiary/aromatic N) is 2. The lowest BCUT2D eigenvalue weighted by Gasteiger charge is -2.33. The molecule has 1 aliphatic rings. The zero-order chi connectivity index (χ0) is 15.9. The summed E-state index contributed by atoms with van der Waals surface area (Å²) in [5.41, 5.74) is 0.579. The minimum atomic E-state index is -0.323. The van der Waals surface area contributed by atoms with Crippen LogP contribution < -0.4 is 10.6 Å². The fourth-order valence-corrected chi connectivity index (χ4v) is 2.61. The van der Waals surface area contributed by atoms with E-state index in [2.05, 4.69) is 27.4 Å². The van der Waals surface area contributed by atoms with Crippen LogP contribution in [-0.4, -0.2) is 43.4 Å². The van der Waals surface area contributed by atoms with Crippen LogP contribution in [0, 0.1) is 11.7 Å².